The molecule has 5 rings (SSSR count). The van der Waals surface area contributed by atoms with Crippen LogP contribution in [0.4, 0.5) is 30.4 Å². The second-order valence-corrected chi connectivity index (χ2v) is 8.42. The van der Waals surface area contributed by atoms with Gasteiger partial charge in [-0.05, 0) is 42.5 Å². The molecule has 0 unspecified atom stereocenters. The number of carbonyl (C=O) groups excluding carboxylic acids is 2. The van der Waals surface area contributed by atoms with Crippen molar-refractivity contribution in [1.82, 2.24) is 4.98 Å². The van der Waals surface area contributed by atoms with Gasteiger partial charge in [-0.25, -0.2) is 9.88 Å². The molecule has 0 saturated carbocycles. The summed E-state index contributed by atoms with van der Waals surface area (Å²) in [5.74, 6) is -0.360. The monoisotopic (exact) mass is 486 g/mol. The van der Waals surface area contributed by atoms with E-state index in [1.54, 1.807) is 36.4 Å². The maximum absolute atomic E-state index is 12.9. The summed E-state index contributed by atoms with van der Waals surface area (Å²) in [7, 11) is 0. The average molecular weight is 487 g/mol. The van der Waals surface area contributed by atoms with Crippen LogP contribution in [0.1, 0.15) is 26.3 Å². The number of hydrogen-bond acceptors (Lipinski definition) is 5. The third-order valence-corrected chi connectivity index (χ3v) is 6.27. The van der Waals surface area contributed by atoms with Crippen LogP contribution in [0, 0.1) is 0 Å². The van der Waals surface area contributed by atoms with Gasteiger partial charge in [-0.3, -0.25) is 9.59 Å². The smallest absolute Gasteiger partial charge is 0.368 e. The first-order chi connectivity index (χ1) is 16.2. The van der Waals surface area contributed by atoms with Crippen molar-refractivity contribution in [2.45, 2.75) is 6.18 Å². The largest absolute Gasteiger partial charge is 0.417 e. The van der Waals surface area contributed by atoms with Crippen LogP contribution in [-0.2, 0) is 6.18 Å². The van der Waals surface area contributed by atoms with Crippen molar-refractivity contribution < 1.29 is 22.8 Å². The van der Waals surface area contributed by atoms with Crippen LogP contribution in [0.15, 0.2) is 60.8 Å². The molecule has 0 N–H and O–H groups in total. The highest BCUT2D eigenvalue weighted by Crippen LogP contribution is 2.34. The number of fused-ring (bicyclic) bond motifs is 1. The van der Waals surface area contributed by atoms with Crippen LogP contribution in [-0.4, -0.2) is 43.0 Å². The van der Waals surface area contributed by atoms with E-state index in [1.807, 2.05) is 17.0 Å². The number of aromatic nitrogens is 1. The van der Waals surface area contributed by atoms with Gasteiger partial charge in [0.15, 0.2) is 0 Å². The van der Waals surface area contributed by atoms with Crippen LogP contribution in [0.5, 0.6) is 0 Å². The molecule has 2 aliphatic heterocycles. The molecule has 10 heteroatoms. The van der Waals surface area contributed by atoms with Crippen LogP contribution in [0.3, 0.4) is 0 Å². The molecule has 0 bridgehead atoms. The van der Waals surface area contributed by atoms with Gasteiger partial charge in [0, 0.05) is 38.1 Å². The van der Waals surface area contributed by atoms with Crippen molar-refractivity contribution in [3.05, 3.63) is 82.5 Å². The van der Waals surface area contributed by atoms with Crippen molar-refractivity contribution in [1.29, 1.82) is 0 Å². The molecular formula is C24H18ClF3N4O2. The molecule has 6 nitrogen and oxygen atoms in total. The molecule has 2 aromatic carbocycles. The molecule has 1 saturated heterocycles. The highest BCUT2D eigenvalue weighted by Gasteiger charge is 2.36. The lowest BCUT2D eigenvalue weighted by atomic mass is 10.1. The quantitative estimate of drug-likeness (QED) is 0.494. The molecule has 0 aliphatic carbocycles. The Balaban J connectivity index is 1.26. The number of imide groups is 1. The summed E-state index contributed by atoms with van der Waals surface area (Å²) in [6, 6.07) is 14.8. The van der Waals surface area contributed by atoms with E-state index in [4.69, 9.17) is 11.6 Å². The van der Waals surface area contributed by atoms with E-state index < -0.39 is 11.7 Å². The fourth-order valence-corrected chi connectivity index (χ4v) is 4.52. The zero-order valence-corrected chi connectivity index (χ0v) is 18.5. The molecule has 1 aromatic heterocycles. The minimum atomic E-state index is -4.49. The molecule has 174 valence electrons. The van der Waals surface area contributed by atoms with E-state index in [9.17, 15) is 22.8 Å². The highest BCUT2D eigenvalue weighted by molar-refractivity contribution is 6.34. The van der Waals surface area contributed by atoms with Gasteiger partial charge in [0.05, 0.1) is 27.4 Å². The van der Waals surface area contributed by atoms with Gasteiger partial charge in [0.2, 0.25) is 0 Å². The molecule has 2 aliphatic rings. The van der Waals surface area contributed by atoms with Gasteiger partial charge in [-0.1, -0.05) is 23.7 Å². The number of anilines is 3. The van der Waals surface area contributed by atoms with Gasteiger partial charge in [0.25, 0.3) is 11.8 Å². The summed E-state index contributed by atoms with van der Waals surface area (Å²) in [5.41, 5.74) is 1.31. The molecule has 3 aromatic rings. The first kappa shape index (κ1) is 22.2. The number of rotatable bonds is 3. The second kappa shape index (κ2) is 8.32. The lowest BCUT2D eigenvalue weighted by Crippen LogP contribution is -2.47. The van der Waals surface area contributed by atoms with Crippen molar-refractivity contribution in [3.63, 3.8) is 0 Å². The number of halogens is 4. The SMILES string of the molecule is O=C1c2ccccc2C(=O)N1c1ccc(N2CCN(c3ncc(C(F)(F)F)cc3Cl)CC2)cc1. The Kier molecular flexibility index (Phi) is 5.44. The van der Waals surface area contributed by atoms with Gasteiger partial charge < -0.3 is 9.80 Å². The maximum atomic E-state index is 12.9. The Bertz CT molecular complexity index is 1240. The number of pyridine rings is 1. The highest BCUT2D eigenvalue weighted by atomic mass is 35.5. The van der Waals surface area contributed by atoms with Gasteiger partial charge >= 0.3 is 6.18 Å². The number of hydrogen-bond donors (Lipinski definition) is 0. The third-order valence-electron chi connectivity index (χ3n) is 6.00. The maximum Gasteiger partial charge on any atom is 0.417 e. The normalized spacial score (nSPS) is 16.3. The zero-order valence-electron chi connectivity index (χ0n) is 17.7. The predicted molar refractivity (Wildman–Crippen MR) is 123 cm³/mol. The van der Waals surface area contributed by atoms with Gasteiger partial charge in [-0.2, -0.15) is 13.2 Å². The van der Waals surface area contributed by atoms with Crippen molar-refractivity contribution in [3.8, 4) is 0 Å². The molecule has 34 heavy (non-hydrogen) atoms. The minimum Gasteiger partial charge on any atom is -0.368 e. The molecule has 1 fully saturated rings. The Morgan fingerprint density at radius 2 is 1.32 bits per heavy atom. The van der Waals surface area contributed by atoms with E-state index in [1.165, 1.54) is 4.90 Å². The molecular weight excluding hydrogens is 469 g/mol. The average Bonchev–Trinajstić information content (AvgIpc) is 3.09. The molecule has 0 spiro atoms. The van der Waals surface area contributed by atoms with E-state index in [-0.39, 0.29) is 16.8 Å². The van der Waals surface area contributed by atoms with E-state index in [0.29, 0.717) is 48.8 Å². The Morgan fingerprint density at radius 3 is 1.85 bits per heavy atom. The number of benzene rings is 2. The van der Waals surface area contributed by atoms with Crippen LogP contribution >= 0.6 is 11.6 Å². The first-order valence-electron chi connectivity index (χ1n) is 10.5. The lowest BCUT2D eigenvalue weighted by molar-refractivity contribution is -0.137. The minimum absolute atomic E-state index is 0.0337. The van der Waals surface area contributed by atoms with Crippen molar-refractivity contribution >= 4 is 40.6 Å². The van der Waals surface area contributed by atoms with Gasteiger partial charge in [0.1, 0.15) is 5.82 Å². The molecule has 2 amide bonds. The number of amides is 2. The summed E-state index contributed by atoms with van der Waals surface area (Å²) in [4.78, 5) is 34.4. The van der Waals surface area contributed by atoms with Crippen LogP contribution in [0.2, 0.25) is 5.02 Å². The molecule has 0 radical (unpaired) electrons. The zero-order chi connectivity index (χ0) is 24.0. The fourth-order valence-electron chi connectivity index (χ4n) is 4.23. The molecule has 3 heterocycles. The number of nitrogens with zero attached hydrogens (tertiary/aromatic N) is 4. The summed E-state index contributed by atoms with van der Waals surface area (Å²) in [6.45, 7) is 2.26. The number of carbonyl (C=O) groups is 2. The summed E-state index contributed by atoms with van der Waals surface area (Å²) in [5, 5.41) is -0.0337. The predicted octanol–water partition coefficient (Wildman–Crippen LogP) is 4.88. The Morgan fingerprint density at radius 1 is 0.794 bits per heavy atom. The Labute approximate surface area is 198 Å². The van der Waals surface area contributed by atoms with Crippen molar-refractivity contribution in [2.24, 2.45) is 0 Å². The third kappa shape index (κ3) is 3.86. The van der Waals surface area contributed by atoms with E-state index in [2.05, 4.69) is 9.88 Å². The van der Waals surface area contributed by atoms with Gasteiger partial charge in [-0.15, -0.1) is 0 Å². The standard InChI is InChI=1S/C24H18ClF3N4O2/c25-20-13-15(24(26,27)28)14-29-21(20)31-11-9-30(10-12-31)16-5-7-17(8-6-16)32-22(33)18-3-1-2-4-19(18)23(32)34/h1-8,13-14H,9-12H2. The second-order valence-electron chi connectivity index (χ2n) is 8.01. The Hall–Kier alpha value is -3.59. The fraction of sp³-hybridized carbons (Fsp3) is 0.208. The first-order valence-corrected chi connectivity index (χ1v) is 10.9. The summed E-state index contributed by atoms with van der Waals surface area (Å²) < 4.78 is 38.6. The van der Waals surface area contributed by atoms with Crippen LogP contribution < -0.4 is 14.7 Å². The molecule has 0 atom stereocenters. The number of alkyl halides is 3. The van der Waals surface area contributed by atoms with E-state index in [0.717, 1.165) is 18.0 Å². The number of piperazine rings is 1. The lowest BCUT2D eigenvalue weighted by Gasteiger charge is -2.37. The summed E-state index contributed by atoms with van der Waals surface area (Å²) >= 11 is 6.08. The topological polar surface area (TPSA) is 56.8 Å². The summed E-state index contributed by atoms with van der Waals surface area (Å²) in [6.07, 6.45) is -3.70. The van der Waals surface area contributed by atoms with E-state index >= 15 is 0 Å². The van der Waals surface area contributed by atoms with Crippen molar-refractivity contribution in [2.75, 3.05) is 40.9 Å². The van der Waals surface area contributed by atoms with Crippen LogP contribution in [0.25, 0.3) is 0 Å².